The van der Waals surface area contributed by atoms with E-state index < -0.39 is 7.82 Å². The van der Waals surface area contributed by atoms with Crippen LogP contribution in [0.25, 0.3) is 0 Å². The van der Waals surface area contributed by atoms with Gasteiger partial charge >= 0.3 is 74.3 Å². The van der Waals surface area contributed by atoms with Gasteiger partial charge in [0, 0.05) is 0 Å². The van der Waals surface area contributed by atoms with Gasteiger partial charge in [-0.25, -0.2) is 4.57 Å². The molecule has 0 aromatic heterocycles. The van der Waals surface area contributed by atoms with Crippen LogP contribution in [0.5, 0.6) is 0 Å². The Hall–Kier alpha value is 0.0900. The molecule has 0 unspecified atom stereocenters. The monoisotopic (exact) mass is 231 g/mol. The average Bonchev–Trinajstić information content (AvgIpc) is 1.92. The first kappa shape index (κ1) is 16.5. The van der Waals surface area contributed by atoms with Gasteiger partial charge in [0.05, 0.1) is 0 Å². The summed E-state index contributed by atoms with van der Waals surface area (Å²) in [5, 5.41) is 0. The topological polar surface area (TPSA) is 135 Å². The summed E-state index contributed by atoms with van der Waals surface area (Å²) in [6, 6.07) is 7.98. The Morgan fingerprint density at radius 3 is 1.64 bits per heavy atom. The number of phosphoric acid groups is 1. The van der Waals surface area contributed by atoms with E-state index in [0.717, 1.165) is 33.6 Å². The van der Waals surface area contributed by atoms with E-state index in [9.17, 15) is 0 Å². The molecule has 0 aliphatic carbocycles. The first-order valence-corrected chi connectivity index (χ1v) is 5.96. The minimum atomic E-state index is -4.64. The van der Waals surface area contributed by atoms with Crippen molar-refractivity contribution in [2.45, 2.75) is 0 Å². The second-order valence-corrected chi connectivity index (χ2v) is 4.61. The maximum absolute atomic E-state index is 8.88. The second-order valence-electron chi connectivity index (χ2n) is 2.42. The number of anilines is 1. The molecule has 1 aromatic carbocycles. The van der Waals surface area contributed by atoms with Gasteiger partial charge in [0.1, 0.15) is 0 Å². The molecule has 0 saturated carbocycles. The van der Waals surface area contributed by atoms with E-state index in [1.165, 1.54) is 2.81 Å². The Labute approximate surface area is 98.7 Å². The van der Waals surface area contributed by atoms with Crippen molar-refractivity contribution in [2.24, 2.45) is 0 Å². The molecule has 0 heterocycles. The molecule has 0 saturated heterocycles. The van der Waals surface area contributed by atoms with Crippen molar-refractivity contribution in [3.05, 3.63) is 24.3 Å². The number of nitrogen functional groups attached to an aromatic ring is 1. The van der Waals surface area contributed by atoms with Crippen LogP contribution in [0.15, 0.2) is 24.3 Å². The fourth-order valence-corrected chi connectivity index (χ4v) is 0.900. The molecule has 0 spiro atoms. The zero-order valence-electron chi connectivity index (χ0n) is 7.58. The molecule has 0 amide bonds. The molecular formula is C6H11NNaO5P. The molecule has 1 aromatic rings. The molecule has 76 valence electrons. The zero-order chi connectivity index (χ0) is 10.5. The maximum atomic E-state index is 8.88. The van der Waals surface area contributed by atoms with Gasteiger partial charge in [0.25, 0.3) is 0 Å². The van der Waals surface area contributed by atoms with Gasteiger partial charge in [-0.15, -0.1) is 0 Å². The van der Waals surface area contributed by atoms with Crippen LogP contribution >= 0.6 is 7.82 Å². The number of hydrogen-bond acceptors (Lipinski definition) is 2. The largest absolute Gasteiger partial charge is 0.466 e. The molecule has 8 heteroatoms. The van der Waals surface area contributed by atoms with E-state index in [-0.39, 0.29) is 5.48 Å². The van der Waals surface area contributed by atoms with Crippen LogP contribution in [0, 0.1) is 0 Å². The molecule has 1 rings (SSSR count). The molecule has 0 radical (unpaired) electrons. The molecule has 0 bridgehead atoms. The smallest absolute Gasteiger partial charge is 0.412 e. The molecule has 14 heavy (non-hydrogen) atoms. The van der Waals surface area contributed by atoms with Gasteiger partial charge in [-0.05, 0) is 0 Å². The first-order valence-electron chi connectivity index (χ1n) is 3.39. The second kappa shape index (κ2) is 7.39. The van der Waals surface area contributed by atoms with Gasteiger partial charge in [0.15, 0.2) is 0 Å². The Morgan fingerprint density at radius 2 is 1.43 bits per heavy atom. The van der Waals surface area contributed by atoms with Crippen molar-refractivity contribution in [1.82, 2.24) is 0 Å². The summed E-state index contributed by atoms with van der Waals surface area (Å²) in [7, 11) is -4.64. The summed E-state index contributed by atoms with van der Waals surface area (Å²) in [5.41, 5.74) is 6.29. The fraction of sp³-hybridized carbons (Fsp3) is 0. The van der Waals surface area contributed by atoms with Crippen LogP contribution in [-0.2, 0) is 4.57 Å². The molecule has 0 aliphatic heterocycles. The van der Waals surface area contributed by atoms with Crippen molar-refractivity contribution < 1.29 is 24.7 Å². The molecule has 0 atom stereocenters. The predicted octanol–water partition coefficient (Wildman–Crippen LogP) is -1.69. The van der Waals surface area contributed by atoms with Gasteiger partial charge in [-0.3, -0.25) is 0 Å². The van der Waals surface area contributed by atoms with E-state index >= 15 is 0 Å². The third-order valence-electron chi connectivity index (χ3n) is 1.08. The fourth-order valence-electron chi connectivity index (χ4n) is 0.566. The SMILES string of the molecule is Nc1cc[c]([Na])cc1.O.O=P(O)(O)O. The van der Waals surface area contributed by atoms with Gasteiger partial charge in [-0.2, -0.15) is 0 Å². The summed E-state index contributed by atoms with van der Waals surface area (Å²) in [4.78, 5) is 21.6. The standard InChI is InChI=1S/C6H6N.Na.H3O4P.H2O/c7-6-4-2-1-3-5-6;;1-5(2,3)4;/h2-5H,7H2;;(H3,1,2,3,4);1H2. The van der Waals surface area contributed by atoms with E-state index in [2.05, 4.69) is 12.1 Å². The Kier molecular flexibility index (Phi) is 8.72. The molecule has 6 nitrogen and oxygen atoms in total. The van der Waals surface area contributed by atoms with Crippen LogP contribution in [0.2, 0.25) is 0 Å². The van der Waals surface area contributed by atoms with Crippen molar-refractivity contribution >= 4 is 44.3 Å². The quantitative estimate of drug-likeness (QED) is 0.240. The maximum Gasteiger partial charge on any atom is 0.466 e. The Morgan fingerprint density at radius 1 is 1.14 bits per heavy atom. The minimum Gasteiger partial charge on any atom is -0.412 e. The molecule has 0 fully saturated rings. The summed E-state index contributed by atoms with van der Waals surface area (Å²) >= 11 is 1.12. The molecule has 0 aliphatic rings. The van der Waals surface area contributed by atoms with Crippen molar-refractivity contribution in [2.75, 3.05) is 5.73 Å². The minimum absolute atomic E-state index is 0. The van der Waals surface area contributed by atoms with Gasteiger partial charge < -0.3 is 20.2 Å². The summed E-state index contributed by atoms with van der Waals surface area (Å²) in [6.45, 7) is 0. The van der Waals surface area contributed by atoms with Crippen LogP contribution in [0.4, 0.5) is 5.69 Å². The van der Waals surface area contributed by atoms with E-state index in [0.29, 0.717) is 0 Å². The Bertz CT molecular complexity index is 268. The van der Waals surface area contributed by atoms with E-state index in [4.69, 9.17) is 25.0 Å². The van der Waals surface area contributed by atoms with E-state index in [1.807, 2.05) is 12.1 Å². The summed E-state index contributed by atoms with van der Waals surface area (Å²) in [5.74, 6) is 0. The Balaban J connectivity index is 0. The number of rotatable bonds is 0. The van der Waals surface area contributed by atoms with Crippen molar-refractivity contribution in [3.8, 4) is 0 Å². The number of benzene rings is 1. The van der Waals surface area contributed by atoms with E-state index in [1.54, 1.807) is 0 Å². The van der Waals surface area contributed by atoms with Gasteiger partial charge in [-0.1, -0.05) is 0 Å². The van der Waals surface area contributed by atoms with Crippen molar-refractivity contribution in [3.63, 3.8) is 0 Å². The average molecular weight is 231 g/mol. The summed E-state index contributed by atoms with van der Waals surface area (Å²) < 4.78 is 10.3. The third-order valence-corrected chi connectivity index (χ3v) is 1.74. The normalized spacial score (nSPS) is 9.50. The predicted molar refractivity (Wildman–Crippen MR) is 54.1 cm³/mol. The molecule has 7 N–H and O–H groups in total. The van der Waals surface area contributed by atoms with Crippen LogP contribution in [-0.4, -0.2) is 48.1 Å². The van der Waals surface area contributed by atoms with Crippen LogP contribution in [0.1, 0.15) is 0 Å². The zero-order valence-corrected chi connectivity index (χ0v) is 10.5. The number of nitrogens with two attached hydrogens (primary N) is 1. The first-order chi connectivity index (χ1) is 5.79. The summed E-state index contributed by atoms with van der Waals surface area (Å²) in [6.07, 6.45) is 0. The van der Waals surface area contributed by atoms with Crippen molar-refractivity contribution in [1.29, 1.82) is 0 Å². The third kappa shape index (κ3) is 14.6. The number of hydrogen-bond donors (Lipinski definition) is 4. The van der Waals surface area contributed by atoms with Gasteiger partial charge in [0.2, 0.25) is 0 Å². The van der Waals surface area contributed by atoms with Crippen LogP contribution in [0.3, 0.4) is 0 Å². The van der Waals surface area contributed by atoms with Crippen LogP contribution < -0.4 is 8.55 Å². The molecular weight excluding hydrogens is 220 g/mol.